The van der Waals surface area contributed by atoms with Gasteiger partial charge in [-0.1, -0.05) is 0 Å². The van der Waals surface area contributed by atoms with E-state index in [0.717, 1.165) is 16.8 Å². The molecule has 2 aliphatic rings. The van der Waals surface area contributed by atoms with E-state index in [1.807, 2.05) is 11.1 Å². The summed E-state index contributed by atoms with van der Waals surface area (Å²) in [6.07, 6.45) is -0.935. The summed E-state index contributed by atoms with van der Waals surface area (Å²) in [6.45, 7) is -0.361. The summed E-state index contributed by atoms with van der Waals surface area (Å²) in [7, 11) is 0. The van der Waals surface area contributed by atoms with E-state index in [0.29, 0.717) is 0 Å². The molecule has 0 radical (unpaired) electrons. The number of nitrogens with one attached hydrogen (secondary N) is 1. The summed E-state index contributed by atoms with van der Waals surface area (Å²) in [5, 5.41) is 29.5. The minimum absolute atomic E-state index is 0.169. The van der Waals surface area contributed by atoms with Crippen LogP contribution in [-0.4, -0.2) is 50.8 Å². The van der Waals surface area contributed by atoms with E-state index in [-0.39, 0.29) is 13.0 Å². The van der Waals surface area contributed by atoms with Gasteiger partial charge in [-0.25, -0.2) is 4.79 Å². The molecule has 4 atom stereocenters. The molecule has 9 nitrogen and oxygen atoms in total. The minimum atomic E-state index is -1.94. The molecule has 2 saturated heterocycles. The number of H-pyrrole nitrogens is 1. The number of ether oxygens (including phenoxy) is 2. The van der Waals surface area contributed by atoms with Crippen molar-refractivity contribution in [3.05, 3.63) is 33.1 Å². The molecule has 21 heavy (non-hydrogen) atoms. The second-order valence-electron chi connectivity index (χ2n) is 5.07. The molecule has 3 heterocycles. The molecule has 3 rings (SSSR count). The number of fused-ring (bicyclic) bond motifs is 1. The van der Waals surface area contributed by atoms with E-state index >= 15 is 0 Å². The number of aliphatic hydroxyl groups excluding tert-OH is 1. The molecular formula is C12H13N3O6. The van der Waals surface area contributed by atoms with E-state index in [2.05, 4.69) is 0 Å². The molecule has 2 aliphatic heterocycles. The SMILES string of the molecule is N#C[C@@]1(n2ccc(=O)[nH]c2=O)O[C@H](CO)C2(O)CCO[C@H]21. The molecule has 1 aromatic heterocycles. The third-order valence-corrected chi connectivity index (χ3v) is 3.98. The van der Waals surface area contributed by atoms with Gasteiger partial charge < -0.3 is 19.7 Å². The van der Waals surface area contributed by atoms with Crippen molar-refractivity contribution in [1.82, 2.24) is 9.55 Å². The van der Waals surface area contributed by atoms with Crippen LogP contribution in [0.2, 0.25) is 0 Å². The Morgan fingerprint density at radius 1 is 1.57 bits per heavy atom. The summed E-state index contributed by atoms with van der Waals surface area (Å²) in [5.41, 5.74) is -5.00. The number of hydrogen-bond donors (Lipinski definition) is 3. The topological polar surface area (TPSA) is 138 Å². The lowest BCUT2D eigenvalue weighted by Crippen LogP contribution is -2.53. The highest BCUT2D eigenvalue weighted by Gasteiger charge is 2.68. The van der Waals surface area contributed by atoms with Crippen LogP contribution in [0.3, 0.4) is 0 Å². The third-order valence-electron chi connectivity index (χ3n) is 3.98. The average molecular weight is 295 g/mol. The van der Waals surface area contributed by atoms with Crippen LogP contribution in [0.5, 0.6) is 0 Å². The van der Waals surface area contributed by atoms with Gasteiger partial charge in [0.15, 0.2) is 6.10 Å². The van der Waals surface area contributed by atoms with E-state index in [4.69, 9.17) is 9.47 Å². The summed E-state index contributed by atoms with van der Waals surface area (Å²) in [6, 6.07) is 2.90. The molecule has 0 aliphatic carbocycles. The van der Waals surface area contributed by atoms with Gasteiger partial charge in [0.1, 0.15) is 17.8 Å². The summed E-state index contributed by atoms with van der Waals surface area (Å²) < 4.78 is 11.7. The fourth-order valence-electron chi connectivity index (χ4n) is 2.97. The van der Waals surface area contributed by atoms with Crippen molar-refractivity contribution in [2.45, 2.75) is 30.0 Å². The number of aromatic amines is 1. The number of nitriles is 1. The standard InChI is InChI=1S/C12H13N3O6/c13-6-12(15-3-1-8(17)14-10(15)18)9-11(19,2-4-20-9)7(5-16)21-12/h1,3,7,9,16,19H,2,4-5H2,(H,14,17,18)/t7-,9-,11?,12-/m1/s1. The van der Waals surface area contributed by atoms with Crippen molar-refractivity contribution >= 4 is 0 Å². The van der Waals surface area contributed by atoms with Crippen molar-refractivity contribution < 1.29 is 19.7 Å². The fourth-order valence-corrected chi connectivity index (χ4v) is 2.97. The monoisotopic (exact) mass is 295 g/mol. The van der Waals surface area contributed by atoms with Crippen LogP contribution >= 0.6 is 0 Å². The van der Waals surface area contributed by atoms with Crippen LogP contribution in [-0.2, 0) is 15.2 Å². The maximum absolute atomic E-state index is 12.0. The third kappa shape index (κ3) is 1.71. The molecule has 3 N–H and O–H groups in total. The van der Waals surface area contributed by atoms with Crippen LogP contribution in [0.15, 0.2) is 21.9 Å². The molecule has 9 heteroatoms. The Balaban J connectivity index is 2.20. The Morgan fingerprint density at radius 3 is 2.95 bits per heavy atom. The van der Waals surface area contributed by atoms with Gasteiger partial charge in [-0.15, -0.1) is 0 Å². The summed E-state index contributed by atoms with van der Waals surface area (Å²) in [4.78, 5) is 25.1. The van der Waals surface area contributed by atoms with Crippen molar-refractivity contribution in [3.8, 4) is 6.07 Å². The Labute approximate surface area is 118 Å². The van der Waals surface area contributed by atoms with Gasteiger partial charge in [-0.05, 0) is 0 Å². The lowest BCUT2D eigenvalue weighted by molar-refractivity contribution is -0.126. The van der Waals surface area contributed by atoms with E-state index < -0.39 is 41.4 Å². The van der Waals surface area contributed by atoms with Crippen LogP contribution in [0.1, 0.15) is 6.42 Å². The van der Waals surface area contributed by atoms with Crippen LogP contribution in [0.25, 0.3) is 0 Å². The van der Waals surface area contributed by atoms with E-state index in [1.165, 1.54) is 0 Å². The average Bonchev–Trinajstić information content (AvgIpc) is 2.94. The normalized spacial score (nSPS) is 38.1. The number of hydrogen-bond acceptors (Lipinski definition) is 7. The molecule has 112 valence electrons. The van der Waals surface area contributed by atoms with Crippen molar-refractivity contribution in [2.75, 3.05) is 13.2 Å². The molecule has 1 aromatic rings. The van der Waals surface area contributed by atoms with Gasteiger partial charge in [0.2, 0.25) is 0 Å². The Bertz CT molecular complexity index is 721. The van der Waals surface area contributed by atoms with Gasteiger partial charge in [-0.3, -0.25) is 14.3 Å². The van der Waals surface area contributed by atoms with Crippen molar-refractivity contribution in [3.63, 3.8) is 0 Å². The molecule has 0 amide bonds. The maximum atomic E-state index is 12.0. The summed E-state index contributed by atoms with van der Waals surface area (Å²) >= 11 is 0. The first-order chi connectivity index (χ1) is 9.98. The minimum Gasteiger partial charge on any atom is -0.394 e. The first-order valence-corrected chi connectivity index (χ1v) is 6.34. The zero-order valence-electron chi connectivity index (χ0n) is 10.9. The first kappa shape index (κ1) is 14.0. The van der Waals surface area contributed by atoms with Crippen LogP contribution < -0.4 is 11.2 Å². The Morgan fingerprint density at radius 2 is 2.33 bits per heavy atom. The highest BCUT2D eigenvalue weighted by molar-refractivity contribution is 5.20. The Kier molecular flexibility index (Phi) is 3.00. The van der Waals surface area contributed by atoms with Crippen molar-refractivity contribution in [2.24, 2.45) is 0 Å². The molecular weight excluding hydrogens is 282 g/mol. The molecule has 0 spiro atoms. The van der Waals surface area contributed by atoms with Gasteiger partial charge in [-0.2, -0.15) is 5.26 Å². The molecule has 0 saturated carbocycles. The predicted molar refractivity (Wildman–Crippen MR) is 66.2 cm³/mol. The van der Waals surface area contributed by atoms with Crippen LogP contribution in [0.4, 0.5) is 0 Å². The Hall–Kier alpha value is -1.99. The highest BCUT2D eigenvalue weighted by Crippen LogP contribution is 2.47. The second kappa shape index (κ2) is 4.51. The molecule has 0 bridgehead atoms. The smallest absolute Gasteiger partial charge is 0.331 e. The van der Waals surface area contributed by atoms with Gasteiger partial charge in [0.05, 0.1) is 13.2 Å². The van der Waals surface area contributed by atoms with Gasteiger partial charge >= 0.3 is 5.69 Å². The first-order valence-electron chi connectivity index (χ1n) is 6.34. The predicted octanol–water partition coefficient (Wildman–Crippen LogP) is -2.38. The van der Waals surface area contributed by atoms with Crippen LogP contribution in [0, 0.1) is 11.3 Å². The fraction of sp³-hybridized carbons (Fsp3) is 0.583. The van der Waals surface area contributed by atoms with E-state index in [9.17, 15) is 25.1 Å². The van der Waals surface area contributed by atoms with Gasteiger partial charge in [0, 0.05) is 18.7 Å². The number of aliphatic hydroxyl groups is 2. The highest BCUT2D eigenvalue weighted by atomic mass is 16.6. The largest absolute Gasteiger partial charge is 0.394 e. The quantitative estimate of drug-likeness (QED) is 0.554. The molecule has 1 unspecified atom stereocenters. The van der Waals surface area contributed by atoms with Crippen molar-refractivity contribution in [1.29, 1.82) is 5.26 Å². The molecule has 2 fully saturated rings. The van der Waals surface area contributed by atoms with E-state index in [1.54, 1.807) is 0 Å². The maximum Gasteiger partial charge on any atom is 0.331 e. The number of nitrogens with zero attached hydrogens (tertiary/aromatic N) is 2. The van der Waals surface area contributed by atoms with Gasteiger partial charge in [0.25, 0.3) is 11.3 Å². The lowest BCUT2D eigenvalue weighted by Gasteiger charge is -2.28. The number of aromatic nitrogens is 2. The number of rotatable bonds is 2. The summed E-state index contributed by atoms with van der Waals surface area (Å²) in [5.74, 6) is 0. The lowest BCUT2D eigenvalue weighted by atomic mass is 9.88. The molecule has 0 aromatic carbocycles. The second-order valence-corrected chi connectivity index (χ2v) is 5.07. The zero-order valence-corrected chi connectivity index (χ0v) is 10.9. The zero-order chi connectivity index (χ0) is 15.3.